The molecule has 0 saturated heterocycles. The normalized spacial score (nSPS) is 12.3. The van der Waals surface area contributed by atoms with Crippen LogP contribution in [0.1, 0.15) is 18.5 Å². The lowest BCUT2D eigenvalue weighted by atomic mass is 10.1. The Kier molecular flexibility index (Phi) is 3.67. The van der Waals surface area contributed by atoms with Crippen molar-refractivity contribution in [2.75, 3.05) is 11.1 Å². The summed E-state index contributed by atoms with van der Waals surface area (Å²) in [6.45, 7) is 2.10. The molecule has 0 spiro atoms. The van der Waals surface area contributed by atoms with Gasteiger partial charge in [-0.3, -0.25) is 4.98 Å². The van der Waals surface area contributed by atoms with Crippen molar-refractivity contribution in [1.82, 2.24) is 4.98 Å². The number of pyridine rings is 1. The molecule has 3 rings (SSSR count). The molecule has 0 bridgehead atoms. The first-order chi connectivity index (χ1) is 10.1. The molecule has 0 radical (unpaired) electrons. The van der Waals surface area contributed by atoms with E-state index in [2.05, 4.69) is 23.3 Å². The van der Waals surface area contributed by atoms with Crippen LogP contribution in [-0.2, 0) is 0 Å². The molecule has 0 saturated carbocycles. The maximum atomic E-state index is 6.05. The van der Waals surface area contributed by atoms with E-state index in [1.165, 1.54) is 0 Å². The number of hydrogen-bond donors (Lipinski definition) is 2. The fourth-order valence-corrected chi connectivity index (χ4v) is 2.61. The number of aromatic nitrogens is 1. The van der Waals surface area contributed by atoms with Gasteiger partial charge in [0.25, 0.3) is 0 Å². The third-order valence-electron chi connectivity index (χ3n) is 3.52. The van der Waals surface area contributed by atoms with E-state index >= 15 is 0 Å². The molecule has 1 heterocycles. The molecule has 4 heteroatoms. The fraction of sp³-hybridized carbons (Fsp3) is 0.118. The molecule has 0 aliphatic carbocycles. The second-order valence-electron chi connectivity index (χ2n) is 5.02. The van der Waals surface area contributed by atoms with Crippen LogP contribution < -0.4 is 11.1 Å². The second kappa shape index (κ2) is 5.62. The standard InChI is InChI=1S/C17H16ClN3/c1-11(12-4-2-5-13(18)10-12)21-16-8-7-15(19)17-14(16)6-3-9-20-17/h2-11,21H,19H2,1H3. The molecule has 21 heavy (non-hydrogen) atoms. The van der Waals surface area contributed by atoms with E-state index in [1.54, 1.807) is 6.20 Å². The summed E-state index contributed by atoms with van der Waals surface area (Å²) in [7, 11) is 0. The molecule has 3 nitrogen and oxygen atoms in total. The molecule has 0 fully saturated rings. The second-order valence-corrected chi connectivity index (χ2v) is 5.46. The van der Waals surface area contributed by atoms with Crippen LogP contribution in [0.3, 0.4) is 0 Å². The molecule has 1 unspecified atom stereocenters. The summed E-state index contributed by atoms with van der Waals surface area (Å²) in [6, 6.07) is 15.8. The topological polar surface area (TPSA) is 50.9 Å². The first-order valence-corrected chi connectivity index (χ1v) is 7.18. The van der Waals surface area contributed by atoms with E-state index in [0.717, 1.165) is 27.2 Å². The van der Waals surface area contributed by atoms with Crippen molar-refractivity contribution in [3.8, 4) is 0 Å². The molecule has 0 aliphatic rings. The van der Waals surface area contributed by atoms with Crippen LogP contribution in [0, 0.1) is 0 Å². The van der Waals surface area contributed by atoms with Gasteiger partial charge in [0.15, 0.2) is 0 Å². The molecule has 0 aliphatic heterocycles. The predicted octanol–water partition coefficient (Wildman–Crippen LogP) is 4.64. The quantitative estimate of drug-likeness (QED) is 0.692. The maximum Gasteiger partial charge on any atom is 0.0951 e. The van der Waals surface area contributed by atoms with E-state index in [9.17, 15) is 0 Å². The van der Waals surface area contributed by atoms with Gasteiger partial charge in [-0.05, 0) is 48.9 Å². The highest BCUT2D eigenvalue weighted by atomic mass is 35.5. The molecule has 0 amide bonds. The van der Waals surface area contributed by atoms with Crippen molar-refractivity contribution < 1.29 is 0 Å². The van der Waals surface area contributed by atoms with Crippen molar-refractivity contribution in [3.05, 3.63) is 65.3 Å². The van der Waals surface area contributed by atoms with Gasteiger partial charge in [-0.2, -0.15) is 0 Å². The van der Waals surface area contributed by atoms with Gasteiger partial charge in [0.2, 0.25) is 0 Å². The molecule has 1 aromatic heterocycles. The van der Waals surface area contributed by atoms with E-state index in [0.29, 0.717) is 5.69 Å². The minimum atomic E-state index is 0.135. The van der Waals surface area contributed by atoms with Crippen LogP contribution in [0.25, 0.3) is 10.9 Å². The molecule has 3 N–H and O–H groups in total. The lowest BCUT2D eigenvalue weighted by molar-refractivity contribution is 0.887. The van der Waals surface area contributed by atoms with E-state index in [1.807, 2.05) is 42.5 Å². The van der Waals surface area contributed by atoms with Crippen molar-refractivity contribution in [2.45, 2.75) is 13.0 Å². The molecular weight excluding hydrogens is 282 g/mol. The average molecular weight is 298 g/mol. The Bertz CT molecular complexity index is 786. The Labute approximate surface area is 128 Å². The highest BCUT2D eigenvalue weighted by molar-refractivity contribution is 6.30. The van der Waals surface area contributed by atoms with Crippen LogP contribution in [0.15, 0.2) is 54.7 Å². The van der Waals surface area contributed by atoms with Gasteiger partial charge in [-0.25, -0.2) is 0 Å². The van der Waals surface area contributed by atoms with Crippen LogP contribution in [0.4, 0.5) is 11.4 Å². The lowest BCUT2D eigenvalue weighted by Gasteiger charge is -2.18. The van der Waals surface area contributed by atoms with Crippen molar-refractivity contribution in [3.63, 3.8) is 0 Å². The number of anilines is 2. The van der Waals surface area contributed by atoms with Crippen molar-refractivity contribution in [2.24, 2.45) is 0 Å². The fourth-order valence-electron chi connectivity index (χ4n) is 2.41. The SMILES string of the molecule is CC(Nc1ccc(N)c2ncccc12)c1cccc(Cl)c1. The summed E-state index contributed by atoms with van der Waals surface area (Å²) in [4.78, 5) is 4.35. The molecule has 1 atom stereocenters. The Morgan fingerprint density at radius 2 is 2.00 bits per heavy atom. The predicted molar refractivity (Wildman–Crippen MR) is 89.6 cm³/mol. The van der Waals surface area contributed by atoms with Gasteiger partial charge in [-0.1, -0.05) is 23.7 Å². The van der Waals surface area contributed by atoms with Gasteiger partial charge < -0.3 is 11.1 Å². The smallest absolute Gasteiger partial charge is 0.0951 e. The number of fused-ring (bicyclic) bond motifs is 1. The van der Waals surface area contributed by atoms with Crippen LogP contribution in [-0.4, -0.2) is 4.98 Å². The largest absolute Gasteiger partial charge is 0.397 e. The minimum Gasteiger partial charge on any atom is -0.397 e. The van der Waals surface area contributed by atoms with E-state index in [4.69, 9.17) is 17.3 Å². The number of nitrogen functional groups attached to an aromatic ring is 1. The van der Waals surface area contributed by atoms with Gasteiger partial charge in [-0.15, -0.1) is 0 Å². The van der Waals surface area contributed by atoms with Crippen LogP contribution in [0.5, 0.6) is 0 Å². The zero-order chi connectivity index (χ0) is 14.8. The van der Waals surface area contributed by atoms with Crippen molar-refractivity contribution >= 4 is 33.9 Å². The summed E-state index contributed by atoms with van der Waals surface area (Å²) in [5.41, 5.74) is 9.64. The number of nitrogens with one attached hydrogen (secondary N) is 1. The third-order valence-corrected chi connectivity index (χ3v) is 3.76. The highest BCUT2D eigenvalue weighted by Crippen LogP contribution is 2.29. The lowest BCUT2D eigenvalue weighted by Crippen LogP contribution is -2.07. The first kappa shape index (κ1) is 13.7. The molecule has 2 aromatic carbocycles. The third kappa shape index (κ3) is 2.78. The summed E-state index contributed by atoms with van der Waals surface area (Å²) in [6.07, 6.45) is 1.75. The van der Waals surface area contributed by atoms with E-state index in [-0.39, 0.29) is 6.04 Å². The van der Waals surface area contributed by atoms with Gasteiger partial charge in [0.1, 0.15) is 0 Å². The monoisotopic (exact) mass is 297 g/mol. The minimum absolute atomic E-state index is 0.135. The first-order valence-electron chi connectivity index (χ1n) is 6.80. The van der Waals surface area contributed by atoms with Crippen LogP contribution >= 0.6 is 11.6 Å². The Hall–Kier alpha value is -2.26. The molecule has 106 valence electrons. The van der Waals surface area contributed by atoms with E-state index < -0.39 is 0 Å². The number of rotatable bonds is 3. The highest BCUT2D eigenvalue weighted by Gasteiger charge is 2.09. The zero-order valence-electron chi connectivity index (χ0n) is 11.7. The molecular formula is C17H16ClN3. The number of nitrogens with two attached hydrogens (primary N) is 1. The number of halogens is 1. The van der Waals surface area contributed by atoms with Gasteiger partial charge >= 0.3 is 0 Å². The Morgan fingerprint density at radius 3 is 2.81 bits per heavy atom. The summed E-state index contributed by atoms with van der Waals surface area (Å²) >= 11 is 6.05. The summed E-state index contributed by atoms with van der Waals surface area (Å²) in [5, 5.41) is 5.26. The maximum absolute atomic E-state index is 6.05. The van der Waals surface area contributed by atoms with Crippen molar-refractivity contribution in [1.29, 1.82) is 0 Å². The molecule has 3 aromatic rings. The number of nitrogens with zero attached hydrogens (tertiary/aromatic N) is 1. The van der Waals surface area contributed by atoms with Gasteiger partial charge in [0, 0.05) is 28.3 Å². The number of hydrogen-bond acceptors (Lipinski definition) is 3. The summed E-state index contributed by atoms with van der Waals surface area (Å²) in [5.74, 6) is 0. The number of benzene rings is 2. The zero-order valence-corrected chi connectivity index (χ0v) is 12.4. The van der Waals surface area contributed by atoms with Gasteiger partial charge in [0.05, 0.1) is 11.2 Å². The summed E-state index contributed by atoms with van der Waals surface area (Å²) < 4.78 is 0. The Morgan fingerprint density at radius 1 is 1.14 bits per heavy atom. The average Bonchev–Trinajstić information content (AvgIpc) is 2.50. The van der Waals surface area contributed by atoms with Crippen LogP contribution in [0.2, 0.25) is 5.02 Å². The Balaban J connectivity index is 1.97.